The predicted octanol–water partition coefficient (Wildman–Crippen LogP) is 2.09. The van der Waals surface area contributed by atoms with Gasteiger partial charge < -0.3 is 15.2 Å². The molecule has 6 heteroatoms. The second-order valence-electron chi connectivity index (χ2n) is 6.97. The molecule has 130 valence electrons. The zero-order valence-corrected chi connectivity index (χ0v) is 14.6. The van der Waals surface area contributed by atoms with Crippen LogP contribution >= 0.6 is 0 Å². The summed E-state index contributed by atoms with van der Waals surface area (Å²) >= 11 is 0. The predicted molar refractivity (Wildman–Crippen MR) is 99.8 cm³/mol. The van der Waals surface area contributed by atoms with E-state index in [1.807, 2.05) is 37.5 Å². The van der Waals surface area contributed by atoms with Crippen LogP contribution in [0.1, 0.15) is 24.5 Å². The second kappa shape index (κ2) is 6.04. The third-order valence-electron chi connectivity index (χ3n) is 5.30. The van der Waals surface area contributed by atoms with Crippen LogP contribution < -0.4 is 11.3 Å². The summed E-state index contributed by atoms with van der Waals surface area (Å²) in [4.78, 5) is 15.4. The van der Waals surface area contributed by atoms with Crippen molar-refractivity contribution in [3.8, 4) is 11.1 Å². The van der Waals surface area contributed by atoms with Gasteiger partial charge in [-0.1, -0.05) is 12.1 Å². The maximum atomic E-state index is 13.0. The summed E-state index contributed by atoms with van der Waals surface area (Å²) in [6, 6.07) is 7.54. The van der Waals surface area contributed by atoms with Crippen molar-refractivity contribution >= 4 is 11.2 Å². The number of hydrogen-bond donors (Lipinski definition) is 1. The Hall–Kier alpha value is -2.60. The molecule has 3 heterocycles. The average molecular weight is 337 g/mol. The largest absolute Gasteiger partial charge is 0.399 e. The molecule has 0 unspecified atom stereocenters. The van der Waals surface area contributed by atoms with E-state index in [1.165, 1.54) is 0 Å². The lowest BCUT2D eigenvalue weighted by molar-refractivity contribution is 0.250. The summed E-state index contributed by atoms with van der Waals surface area (Å²) in [6.07, 6.45) is 5.93. The van der Waals surface area contributed by atoms with Gasteiger partial charge in [-0.15, -0.1) is 0 Å². The lowest BCUT2D eigenvalue weighted by Crippen LogP contribution is -2.32. The zero-order chi connectivity index (χ0) is 17.6. The Bertz CT molecular complexity index is 962. The number of likely N-dealkylation sites (tertiary alicyclic amines) is 1. The molecule has 1 aliphatic rings. The molecular weight excluding hydrogens is 314 g/mol. The molecule has 0 amide bonds. The van der Waals surface area contributed by atoms with Crippen LogP contribution in [0.4, 0.5) is 5.69 Å². The van der Waals surface area contributed by atoms with Gasteiger partial charge in [0.15, 0.2) is 0 Å². The number of aromatic nitrogens is 3. The van der Waals surface area contributed by atoms with Crippen LogP contribution in [0.15, 0.2) is 41.5 Å². The molecular formula is C19H23N5O. The van der Waals surface area contributed by atoms with E-state index in [0.29, 0.717) is 17.1 Å². The number of piperidine rings is 1. The Kier molecular flexibility index (Phi) is 3.84. The standard InChI is InChI=1S/C19H23N5O/c1-22-9-7-14(8-10-22)17-12-24-18(19(25)23(17)2)16(11-21-24)13-3-5-15(20)6-4-13/h3-6,11-12,14H,7-10,20H2,1-2H3. The summed E-state index contributed by atoms with van der Waals surface area (Å²) in [5, 5.41) is 4.45. The van der Waals surface area contributed by atoms with Crippen molar-refractivity contribution in [2.24, 2.45) is 7.05 Å². The van der Waals surface area contributed by atoms with Gasteiger partial charge >= 0.3 is 0 Å². The number of nitrogens with zero attached hydrogens (tertiary/aromatic N) is 4. The van der Waals surface area contributed by atoms with Crippen molar-refractivity contribution < 1.29 is 0 Å². The molecule has 25 heavy (non-hydrogen) atoms. The van der Waals surface area contributed by atoms with E-state index in [9.17, 15) is 4.79 Å². The van der Waals surface area contributed by atoms with E-state index in [4.69, 9.17) is 5.73 Å². The number of hydrogen-bond acceptors (Lipinski definition) is 4. The van der Waals surface area contributed by atoms with Gasteiger partial charge in [0.25, 0.3) is 5.56 Å². The summed E-state index contributed by atoms with van der Waals surface area (Å²) in [5.74, 6) is 0.405. The van der Waals surface area contributed by atoms with Crippen molar-refractivity contribution in [3.63, 3.8) is 0 Å². The van der Waals surface area contributed by atoms with Gasteiger partial charge in [-0.2, -0.15) is 5.10 Å². The summed E-state index contributed by atoms with van der Waals surface area (Å²) in [6.45, 7) is 2.12. The minimum absolute atomic E-state index is 0.000697. The van der Waals surface area contributed by atoms with Crippen LogP contribution in [0.25, 0.3) is 16.6 Å². The van der Waals surface area contributed by atoms with Crippen LogP contribution in [0.5, 0.6) is 0 Å². The third kappa shape index (κ3) is 2.72. The fraction of sp³-hybridized carbons (Fsp3) is 0.368. The van der Waals surface area contributed by atoms with Gasteiger partial charge in [-0.25, -0.2) is 4.52 Å². The van der Waals surface area contributed by atoms with Gasteiger partial charge in [0, 0.05) is 36.1 Å². The summed E-state index contributed by atoms with van der Waals surface area (Å²) in [5.41, 5.74) is 9.95. The minimum Gasteiger partial charge on any atom is -0.399 e. The maximum Gasteiger partial charge on any atom is 0.277 e. The number of anilines is 1. The van der Waals surface area contributed by atoms with Crippen LogP contribution in [-0.4, -0.2) is 39.2 Å². The molecule has 3 aromatic rings. The molecule has 1 aromatic carbocycles. The first-order valence-electron chi connectivity index (χ1n) is 8.66. The average Bonchev–Trinajstić information content (AvgIpc) is 3.04. The van der Waals surface area contributed by atoms with Gasteiger partial charge in [0.2, 0.25) is 0 Å². The Morgan fingerprint density at radius 3 is 2.48 bits per heavy atom. The Morgan fingerprint density at radius 1 is 1.12 bits per heavy atom. The number of rotatable bonds is 2. The third-order valence-corrected chi connectivity index (χ3v) is 5.30. The molecule has 1 aliphatic heterocycles. The van der Waals surface area contributed by atoms with Crippen LogP contribution in [0.3, 0.4) is 0 Å². The molecule has 2 aromatic heterocycles. The molecule has 0 saturated carbocycles. The van der Waals surface area contributed by atoms with Crippen molar-refractivity contribution in [1.82, 2.24) is 19.1 Å². The number of nitrogens with two attached hydrogens (primary N) is 1. The fourth-order valence-corrected chi connectivity index (χ4v) is 3.72. The molecule has 0 spiro atoms. The summed E-state index contributed by atoms with van der Waals surface area (Å²) in [7, 11) is 4.01. The summed E-state index contributed by atoms with van der Waals surface area (Å²) < 4.78 is 3.54. The van der Waals surface area contributed by atoms with Crippen molar-refractivity contribution in [2.75, 3.05) is 25.9 Å². The van der Waals surface area contributed by atoms with Gasteiger partial charge in [0.05, 0.1) is 6.20 Å². The molecule has 4 rings (SSSR count). The molecule has 0 radical (unpaired) electrons. The van der Waals surface area contributed by atoms with E-state index < -0.39 is 0 Å². The first-order chi connectivity index (χ1) is 12.0. The zero-order valence-electron chi connectivity index (χ0n) is 14.6. The van der Waals surface area contributed by atoms with Crippen molar-refractivity contribution in [3.05, 3.63) is 52.7 Å². The number of fused-ring (bicyclic) bond motifs is 1. The minimum atomic E-state index is 0.000697. The highest BCUT2D eigenvalue weighted by Crippen LogP contribution is 2.28. The Morgan fingerprint density at radius 2 is 1.80 bits per heavy atom. The fourth-order valence-electron chi connectivity index (χ4n) is 3.72. The number of nitrogen functional groups attached to an aromatic ring is 1. The Labute approximate surface area is 146 Å². The van der Waals surface area contributed by atoms with Crippen LogP contribution in [0.2, 0.25) is 0 Å². The smallest absolute Gasteiger partial charge is 0.277 e. The van der Waals surface area contributed by atoms with E-state index in [0.717, 1.165) is 42.8 Å². The highest BCUT2D eigenvalue weighted by molar-refractivity contribution is 5.79. The van der Waals surface area contributed by atoms with Crippen molar-refractivity contribution in [2.45, 2.75) is 18.8 Å². The van der Waals surface area contributed by atoms with Crippen LogP contribution in [0, 0.1) is 0 Å². The quantitative estimate of drug-likeness (QED) is 0.727. The van der Waals surface area contributed by atoms with Crippen molar-refractivity contribution in [1.29, 1.82) is 0 Å². The lowest BCUT2D eigenvalue weighted by Gasteiger charge is -2.30. The normalized spacial score (nSPS) is 16.6. The molecule has 0 bridgehead atoms. The lowest BCUT2D eigenvalue weighted by atomic mass is 9.93. The monoisotopic (exact) mass is 337 g/mol. The molecule has 1 saturated heterocycles. The van der Waals surface area contributed by atoms with E-state index in [-0.39, 0.29) is 5.56 Å². The molecule has 0 aliphatic carbocycles. The molecule has 1 fully saturated rings. The number of benzene rings is 1. The van der Waals surface area contributed by atoms with Gasteiger partial charge in [0.1, 0.15) is 5.52 Å². The molecule has 2 N–H and O–H groups in total. The highest BCUT2D eigenvalue weighted by Gasteiger charge is 2.23. The highest BCUT2D eigenvalue weighted by atomic mass is 16.1. The second-order valence-corrected chi connectivity index (χ2v) is 6.97. The molecule has 0 atom stereocenters. The molecule has 6 nitrogen and oxygen atoms in total. The first kappa shape index (κ1) is 15.9. The van der Waals surface area contributed by atoms with E-state index in [2.05, 4.69) is 17.0 Å². The Balaban J connectivity index is 1.82. The maximum absolute atomic E-state index is 13.0. The van der Waals surface area contributed by atoms with E-state index in [1.54, 1.807) is 15.3 Å². The SMILES string of the molecule is CN1CCC(c2cn3ncc(-c4ccc(N)cc4)c3c(=O)n2C)CC1. The topological polar surface area (TPSA) is 68.6 Å². The van der Waals surface area contributed by atoms with Crippen LogP contribution in [-0.2, 0) is 7.05 Å². The van der Waals surface area contributed by atoms with Gasteiger partial charge in [-0.3, -0.25) is 4.79 Å². The first-order valence-corrected chi connectivity index (χ1v) is 8.66. The van der Waals surface area contributed by atoms with E-state index >= 15 is 0 Å². The van der Waals surface area contributed by atoms with Gasteiger partial charge in [-0.05, 0) is 50.7 Å².